The summed E-state index contributed by atoms with van der Waals surface area (Å²) in [6, 6.07) is 0. The van der Waals surface area contributed by atoms with Gasteiger partial charge in [-0.15, -0.1) is 11.3 Å². The van der Waals surface area contributed by atoms with Gasteiger partial charge in [-0.2, -0.15) is 0 Å². The molecule has 114 valence electrons. The van der Waals surface area contributed by atoms with Gasteiger partial charge in [0.05, 0.1) is 10.7 Å². The van der Waals surface area contributed by atoms with Crippen molar-refractivity contribution < 1.29 is 0 Å². The van der Waals surface area contributed by atoms with Crippen LogP contribution in [0.5, 0.6) is 0 Å². The van der Waals surface area contributed by atoms with Crippen LogP contribution in [0.1, 0.15) is 56.7 Å². The molecule has 0 amide bonds. The fraction of sp³-hybridized carbons (Fsp3) is 0.824. The number of aryl methyl sites for hydroxylation is 1. The highest BCUT2D eigenvalue weighted by Gasteiger charge is 2.30. The van der Waals surface area contributed by atoms with Gasteiger partial charge in [-0.25, -0.2) is 4.98 Å². The fourth-order valence-electron chi connectivity index (χ4n) is 3.71. The first-order chi connectivity index (χ1) is 9.72. The molecule has 1 aliphatic carbocycles. The van der Waals surface area contributed by atoms with Gasteiger partial charge in [0.2, 0.25) is 0 Å². The largest absolute Gasteiger partial charge is 0.317 e. The summed E-state index contributed by atoms with van der Waals surface area (Å²) in [4.78, 5) is 4.69. The van der Waals surface area contributed by atoms with Crippen LogP contribution in [0, 0.1) is 24.7 Å². The Hall–Kier alpha value is -0.410. The van der Waals surface area contributed by atoms with Crippen LogP contribution in [0.3, 0.4) is 0 Å². The highest BCUT2D eigenvalue weighted by molar-refractivity contribution is 7.09. The molecule has 20 heavy (non-hydrogen) atoms. The molecular formula is C17H30N2S. The summed E-state index contributed by atoms with van der Waals surface area (Å²) in [5.74, 6) is 2.65. The van der Waals surface area contributed by atoms with Gasteiger partial charge in [0.25, 0.3) is 0 Å². The molecule has 0 saturated heterocycles. The van der Waals surface area contributed by atoms with Crippen molar-refractivity contribution in [2.24, 2.45) is 17.8 Å². The maximum Gasteiger partial charge on any atom is 0.0897 e. The molecule has 3 atom stereocenters. The zero-order valence-electron chi connectivity index (χ0n) is 13.3. The number of rotatable bonds is 7. The third kappa shape index (κ3) is 4.56. The first-order valence-electron chi connectivity index (χ1n) is 8.34. The number of hydrogen-bond acceptors (Lipinski definition) is 3. The summed E-state index contributed by atoms with van der Waals surface area (Å²) in [5.41, 5.74) is 1.33. The Labute approximate surface area is 128 Å². The van der Waals surface area contributed by atoms with Crippen molar-refractivity contribution in [3.8, 4) is 0 Å². The molecule has 0 bridgehead atoms. The maximum atomic E-state index is 4.69. The van der Waals surface area contributed by atoms with Crippen molar-refractivity contribution in [2.75, 3.05) is 13.1 Å². The predicted molar refractivity (Wildman–Crippen MR) is 88.3 cm³/mol. The van der Waals surface area contributed by atoms with Crippen LogP contribution in [0.25, 0.3) is 0 Å². The van der Waals surface area contributed by atoms with E-state index in [0.717, 1.165) is 24.3 Å². The van der Waals surface area contributed by atoms with E-state index in [-0.39, 0.29) is 0 Å². The van der Waals surface area contributed by atoms with Crippen LogP contribution in [0.15, 0.2) is 5.38 Å². The van der Waals surface area contributed by atoms with Gasteiger partial charge in [-0.1, -0.05) is 33.1 Å². The highest BCUT2D eigenvalue weighted by Crippen LogP contribution is 2.37. The Balaban J connectivity index is 1.96. The molecular weight excluding hydrogens is 264 g/mol. The summed E-state index contributed by atoms with van der Waals surface area (Å²) in [6.45, 7) is 8.94. The number of thiazole rings is 1. The van der Waals surface area contributed by atoms with E-state index in [1.165, 1.54) is 55.8 Å². The molecule has 2 nitrogen and oxygen atoms in total. The lowest BCUT2D eigenvalue weighted by Crippen LogP contribution is -2.34. The van der Waals surface area contributed by atoms with Crippen LogP contribution in [0.2, 0.25) is 0 Å². The van der Waals surface area contributed by atoms with Crippen LogP contribution >= 0.6 is 11.3 Å². The molecule has 2 rings (SSSR count). The average Bonchev–Trinajstić information content (AvgIpc) is 2.84. The van der Waals surface area contributed by atoms with E-state index >= 15 is 0 Å². The molecule has 1 aromatic rings. The Morgan fingerprint density at radius 2 is 2.15 bits per heavy atom. The lowest BCUT2D eigenvalue weighted by Gasteiger charge is -2.36. The molecule has 0 spiro atoms. The molecule has 1 aliphatic rings. The van der Waals surface area contributed by atoms with Crippen molar-refractivity contribution in [3.63, 3.8) is 0 Å². The summed E-state index contributed by atoms with van der Waals surface area (Å²) >= 11 is 1.80. The summed E-state index contributed by atoms with van der Waals surface area (Å²) < 4.78 is 0. The molecule has 0 aromatic carbocycles. The molecule has 1 heterocycles. The van der Waals surface area contributed by atoms with Gasteiger partial charge >= 0.3 is 0 Å². The minimum absolute atomic E-state index is 0.834. The normalized spacial score (nSPS) is 26.9. The highest BCUT2D eigenvalue weighted by atomic mass is 32.1. The first-order valence-corrected chi connectivity index (χ1v) is 9.22. The van der Waals surface area contributed by atoms with Crippen LogP contribution < -0.4 is 5.32 Å². The van der Waals surface area contributed by atoms with E-state index in [4.69, 9.17) is 0 Å². The monoisotopic (exact) mass is 294 g/mol. The lowest BCUT2D eigenvalue weighted by molar-refractivity contribution is 0.167. The van der Waals surface area contributed by atoms with Gasteiger partial charge in [0.15, 0.2) is 0 Å². The number of nitrogens with one attached hydrogen (secondary N) is 1. The van der Waals surface area contributed by atoms with Gasteiger partial charge < -0.3 is 5.32 Å². The van der Waals surface area contributed by atoms with Crippen LogP contribution in [-0.4, -0.2) is 18.1 Å². The summed E-state index contributed by atoms with van der Waals surface area (Å²) in [5, 5.41) is 7.05. The molecule has 1 aromatic heterocycles. The number of nitrogens with zero attached hydrogens (tertiary/aromatic N) is 1. The SMILES string of the molecule is CCCC1CCC(CNCC)C(Cc2csc(C)n2)C1. The second kappa shape index (κ2) is 8.14. The smallest absolute Gasteiger partial charge is 0.0897 e. The van der Waals surface area contributed by atoms with E-state index in [1.54, 1.807) is 11.3 Å². The zero-order valence-corrected chi connectivity index (χ0v) is 14.1. The minimum Gasteiger partial charge on any atom is -0.317 e. The Morgan fingerprint density at radius 1 is 1.30 bits per heavy atom. The Kier molecular flexibility index (Phi) is 6.50. The molecule has 1 saturated carbocycles. The van der Waals surface area contributed by atoms with Crippen LogP contribution in [0.4, 0.5) is 0 Å². The van der Waals surface area contributed by atoms with Gasteiger partial charge in [-0.05, 0) is 57.0 Å². The molecule has 3 heteroatoms. The number of aromatic nitrogens is 1. The fourth-order valence-corrected chi connectivity index (χ4v) is 4.34. The average molecular weight is 295 g/mol. The van der Waals surface area contributed by atoms with Gasteiger partial charge in [0, 0.05) is 5.38 Å². The van der Waals surface area contributed by atoms with Crippen molar-refractivity contribution >= 4 is 11.3 Å². The third-order valence-corrected chi connectivity index (χ3v) is 5.56. The first kappa shape index (κ1) is 16.0. The summed E-state index contributed by atoms with van der Waals surface area (Å²) in [6.07, 6.45) is 8.22. The quantitative estimate of drug-likeness (QED) is 0.804. The van der Waals surface area contributed by atoms with E-state index in [2.05, 4.69) is 36.5 Å². The molecule has 3 unspecified atom stereocenters. The van der Waals surface area contributed by atoms with Gasteiger partial charge in [-0.3, -0.25) is 0 Å². The second-order valence-corrected chi connectivity index (χ2v) is 7.42. The molecule has 1 N–H and O–H groups in total. The topological polar surface area (TPSA) is 24.9 Å². The van der Waals surface area contributed by atoms with Crippen molar-refractivity contribution in [2.45, 2.75) is 59.3 Å². The second-order valence-electron chi connectivity index (χ2n) is 6.36. The Bertz CT molecular complexity index is 388. The zero-order chi connectivity index (χ0) is 14.4. The lowest BCUT2D eigenvalue weighted by atomic mass is 9.71. The predicted octanol–water partition coefficient (Wildman–Crippen LogP) is 4.44. The summed E-state index contributed by atoms with van der Waals surface area (Å²) in [7, 11) is 0. The van der Waals surface area contributed by atoms with Crippen molar-refractivity contribution in [3.05, 3.63) is 16.1 Å². The molecule has 0 aliphatic heterocycles. The maximum absolute atomic E-state index is 4.69. The number of hydrogen-bond donors (Lipinski definition) is 1. The van der Waals surface area contributed by atoms with E-state index in [1.807, 2.05) is 0 Å². The standard InChI is InChI=1S/C17H30N2S/c1-4-6-14-7-8-15(11-18-5-2)16(9-14)10-17-12-20-13(3)19-17/h12,14-16,18H,4-11H2,1-3H3. The van der Waals surface area contributed by atoms with E-state index < -0.39 is 0 Å². The van der Waals surface area contributed by atoms with E-state index in [9.17, 15) is 0 Å². The molecule has 1 fully saturated rings. The van der Waals surface area contributed by atoms with Crippen molar-refractivity contribution in [1.29, 1.82) is 0 Å². The van der Waals surface area contributed by atoms with Crippen molar-refractivity contribution in [1.82, 2.24) is 10.3 Å². The van der Waals surface area contributed by atoms with Crippen LogP contribution in [-0.2, 0) is 6.42 Å². The van der Waals surface area contributed by atoms with Gasteiger partial charge in [0.1, 0.15) is 0 Å². The minimum atomic E-state index is 0.834. The third-order valence-electron chi connectivity index (χ3n) is 4.74. The Morgan fingerprint density at radius 3 is 2.80 bits per heavy atom. The van der Waals surface area contributed by atoms with E-state index in [0.29, 0.717) is 0 Å². The molecule has 0 radical (unpaired) electrons.